The Morgan fingerprint density at radius 1 is 1.21 bits per heavy atom. The Morgan fingerprint density at radius 2 is 2.00 bits per heavy atom. The summed E-state index contributed by atoms with van der Waals surface area (Å²) >= 11 is 11.8. The van der Waals surface area contributed by atoms with E-state index >= 15 is 0 Å². The van der Waals surface area contributed by atoms with Crippen molar-refractivity contribution in [2.45, 2.75) is 19.4 Å². The quantitative estimate of drug-likeness (QED) is 0.713. The lowest BCUT2D eigenvalue weighted by Crippen LogP contribution is -2.01. The molecule has 0 saturated carbocycles. The summed E-state index contributed by atoms with van der Waals surface area (Å²) in [6.07, 6.45) is 0. The maximum Gasteiger partial charge on any atom is 0.131 e. The van der Waals surface area contributed by atoms with Gasteiger partial charge in [-0.25, -0.2) is 4.39 Å². The van der Waals surface area contributed by atoms with Gasteiger partial charge in [0.15, 0.2) is 0 Å². The van der Waals surface area contributed by atoms with Gasteiger partial charge in [-0.05, 0) is 25.1 Å². The van der Waals surface area contributed by atoms with Crippen molar-refractivity contribution in [2.75, 3.05) is 0 Å². The zero-order valence-corrected chi connectivity index (χ0v) is 11.9. The highest BCUT2D eigenvalue weighted by Crippen LogP contribution is 2.25. The minimum absolute atomic E-state index is 0.0818. The predicted octanol–water partition coefficient (Wildman–Crippen LogP) is 5.11. The highest BCUT2D eigenvalue weighted by atomic mass is 35.5. The second-order valence-electron chi connectivity index (χ2n) is 4.23. The van der Waals surface area contributed by atoms with E-state index in [9.17, 15) is 4.39 Å². The summed E-state index contributed by atoms with van der Waals surface area (Å²) in [6, 6.07) is 10.3. The second kappa shape index (κ2) is 6.27. The number of benzene rings is 2. The number of halogens is 3. The SMILES string of the molecule is Cc1ccc(OCc2c(F)cccc2Cl)c(CCl)c1. The molecule has 0 heterocycles. The molecule has 2 rings (SSSR count). The fraction of sp³-hybridized carbons (Fsp3) is 0.200. The van der Waals surface area contributed by atoms with Gasteiger partial charge in [0.1, 0.15) is 18.2 Å². The fourth-order valence-electron chi connectivity index (χ4n) is 1.77. The van der Waals surface area contributed by atoms with Crippen molar-refractivity contribution in [1.29, 1.82) is 0 Å². The van der Waals surface area contributed by atoms with Gasteiger partial charge in [0, 0.05) is 11.1 Å². The van der Waals surface area contributed by atoms with Gasteiger partial charge in [-0.2, -0.15) is 0 Å². The molecule has 0 aliphatic carbocycles. The van der Waals surface area contributed by atoms with Gasteiger partial charge in [-0.15, -0.1) is 11.6 Å². The molecule has 19 heavy (non-hydrogen) atoms. The molecule has 0 amide bonds. The maximum absolute atomic E-state index is 13.6. The largest absolute Gasteiger partial charge is 0.488 e. The summed E-state index contributed by atoms with van der Waals surface area (Å²) < 4.78 is 19.2. The molecule has 0 aliphatic heterocycles. The first-order valence-corrected chi connectivity index (χ1v) is 6.74. The Bertz CT molecular complexity index is 564. The summed E-state index contributed by atoms with van der Waals surface area (Å²) in [5.41, 5.74) is 2.34. The molecule has 2 aromatic carbocycles. The lowest BCUT2D eigenvalue weighted by molar-refractivity contribution is 0.297. The third kappa shape index (κ3) is 3.40. The minimum Gasteiger partial charge on any atom is -0.488 e. The van der Waals surface area contributed by atoms with Crippen LogP contribution in [0.4, 0.5) is 4.39 Å². The molecule has 0 aliphatic rings. The molecule has 0 bridgehead atoms. The third-order valence-corrected chi connectivity index (χ3v) is 3.44. The van der Waals surface area contributed by atoms with Crippen LogP contribution >= 0.6 is 23.2 Å². The van der Waals surface area contributed by atoms with Gasteiger partial charge in [-0.1, -0.05) is 35.4 Å². The molecule has 1 nitrogen and oxygen atoms in total. The molecule has 100 valence electrons. The zero-order chi connectivity index (χ0) is 13.8. The molecule has 0 N–H and O–H groups in total. The van der Waals surface area contributed by atoms with Gasteiger partial charge in [0.25, 0.3) is 0 Å². The summed E-state index contributed by atoms with van der Waals surface area (Å²) in [6.45, 7) is 2.06. The first-order valence-electron chi connectivity index (χ1n) is 5.83. The van der Waals surface area contributed by atoms with Crippen LogP contribution in [0.5, 0.6) is 5.75 Å². The number of alkyl halides is 1. The Balaban J connectivity index is 2.19. The molecule has 0 aromatic heterocycles. The number of hydrogen-bond donors (Lipinski definition) is 0. The third-order valence-electron chi connectivity index (χ3n) is 2.79. The molecule has 2 aromatic rings. The molecule has 0 unspecified atom stereocenters. The highest BCUT2D eigenvalue weighted by molar-refractivity contribution is 6.31. The summed E-state index contributed by atoms with van der Waals surface area (Å²) in [5.74, 6) is 0.633. The normalized spacial score (nSPS) is 10.5. The van der Waals surface area contributed by atoms with Crippen LogP contribution in [0.3, 0.4) is 0 Å². The Kier molecular flexibility index (Phi) is 4.67. The summed E-state index contributed by atoms with van der Waals surface area (Å²) in [5, 5.41) is 0.361. The number of rotatable bonds is 4. The van der Waals surface area contributed by atoms with E-state index in [1.165, 1.54) is 6.07 Å². The molecule has 0 radical (unpaired) electrons. The first-order chi connectivity index (χ1) is 9.11. The molecule has 0 atom stereocenters. The topological polar surface area (TPSA) is 9.23 Å². The van der Waals surface area contributed by atoms with E-state index < -0.39 is 0 Å². The Labute approximate surface area is 121 Å². The van der Waals surface area contributed by atoms with Crippen molar-refractivity contribution in [3.05, 3.63) is 63.9 Å². The lowest BCUT2D eigenvalue weighted by Gasteiger charge is -2.12. The monoisotopic (exact) mass is 298 g/mol. The molecule has 0 fully saturated rings. The fourth-order valence-corrected chi connectivity index (χ4v) is 2.20. The van der Waals surface area contributed by atoms with Crippen molar-refractivity contribution in [3.63, 3.8) is 0 Å². The van der Waals surface area contributed by atoms with Crippen molar-refractivity contribution in [2.24, 2.45) is 0 Å². The molecular formula is C15H13Cl2FO. The van der Waals surface area contributed by atoms with Crippen molar-refractivity contribution < 1.29 is 9.13 Å². The van der Waals surface area contributed by atoms with Crippen molar-refractivity contribution >= 4 is 23.2 Å². The number of aryl methyl sites for hydroxylation is 1. The molecule has 4 heteroatoms. The number of ether oxygens (including phenoxy) is 1. The van der Waals surface area contributed by atoms with E-state index in [2.05, 4.69) is 0 Å². The molecule has 0 saturated heterocycles. The van der Waals surface area contributed by atoms with Crippen LogP contribution in [-0.4, -0.2) is 0 Å². The lowest BCUT2D eigenvalue weighted by atomic mass is 10.1. The Hall–Kier alpha value is -1.25. The van der Waals surface area contributed by atoms with E-state index in [0.717, 1.165) is 11.1 Å². The standard InChI is InChI=1S/C15H13Cl2FO/c1-10-5-6-15(11(7-10)8-16)19-9-12-13(17)3-2-4-14(12)18/h2-7H,8-9H2,1H3. The van der Waals surface area contributed by atoms with Gasteiger partial charge in [0.05, 0.1) is 10.9 Å². The predicted molar refractivity (Wildman–Crippen MR) is 76.5 cm³/mol. The smallest absolute Gasteiger partial charge is 0.131 e. The van der Waals surface area contributed by atoms with Gasteiger partial charge >= 0.3 is 0 Å². The van der Waals surface area contributed by atoms with E-state index in [1.807, 2.05) is 25.1 Å². The minimum atomic E-state index is -0.368. The molecular weight excluding hydrogens is 286 g/mol. The number of hydrogen-bond acceptors (Lipinski definition) is 1. The molecule has 0 spiro atoms. The summed E-state index contributed by atoms with van der Waals surface area (Å²) in [4.78, 5) is 0. The van der Waals surface area contributed by atoms with E-state index in [1.54, 1.807) is 12.1 Å². The van der Waals surface area contributed by atoms with Gasteiger partial charge in [0.2, 0.25) is 0 Å². The van der Waals surface area contributed by atoms with E-state index in [-0.39, 0.29) is 12.4 Å². The second-order valence-corrected chi connectivity index (χ2v) is 4.91. The van der Waals surface area contributed by atoms with E-state index in [4.69, 9.17) is 27.9 Å². The van der Waals surface area contributed by atoms with Gasteiger partial charge in [-0.3, -0.25) is 0 Å². The first kappa shape index (κ1) is 14.2. The van der Waals surface area contributed by atoms with Gasteiger partial charge < -0.3 is 4.74 Å². The van der Waals surface area contributed by atoms with Crippen LogP contribution in [0.15, 0.2) is 36.4 Å². The average molecular weight is 299 g/mol. The van der Waals surface area contributed by atoms with Crippen LogP contribution in [-0.2, 0) is 12.5 Å². The van der Waals surface area contributed by atoms with Crippen LogP contribution < -0.4 is 4.74 Å². The van der Waals surface area contributed by atoms with Crippen LogP contribution in [0.2, 0.25) is 5.02 Å². The van der Waals surface area contributed by atoms with Crippen molar-refractivity contribution in [1.82, 2.24) is 0 Å². The zero-order valence-electron chi connectivity index (χ0n) is 10.4. The maximum atomic E-state index is 13.6. The Morgan fingerprint density at radius 3 is 2.68 bits per heavy atom. The van der Waals surface area contributed by atoms with Crippen LogP contribution in [0, 0.1) is 12.7 Å². The summed E-state index contributed by atoms with van der Waals surface area (Å²) in [7, 11) is 0. The van der Waals surface area contributed by atoms with Crippen LogP contribution in [0.25, 0.3) is 0 Å². The van der Waals surface area contributed by atoms with E-state index in [0.29, 0.717) is 22.2 Å². The highest BCUT2D eigenvalue weighted by Gasteiger charge is 2.09. The van der Waals surface area contributed by atoms with Crippen LogP contribution in [0.1, 0.15) is 16.7 Å². The van der Waals surface area contributed by atoms with Crippen molar-refractivity contribution in [3.8, 4) is 5.75 Å². The average Bonchev–Trinajstić information content (AvgIpc) is 2.39.